The van der Waals surface area contributed by atoms with Crippen LogP contribution in [0.25, 0.3) is 11.3 Å². The molecule has 0 unspecified atom stereocenters. The van der Waals surface area contributed by atoms with Gasteiger partial charge in [-0.15, -0.1) is 11.3 Å². The molecule has 1 aromatic heterocycles. The molecule has 0 amide bonds. The number of anilines is 1. The number of rotatable bonds is 5. The monoisotopic (exact) mass is 394 g/mol. The minimum Gasteiger partial charge on any atom is -0.495 e. The normalized spacial score (nSPS) is 11.3. The predicted molar refractivity (Wildman–Crippen MR) is 101 cm³/mol. The molecule has 0 radical (unpaired) electrons. The molecule has 0 fully saturated rings. The van der Waals surface area contributed by atoms with Gasteiger partial charge in [0.1, 0.15) is 10.6 Å². The molecule has 1 N–H and O–H groups in total. The van der Waals surface area contributed by atoms with E-state index in [1.54, 1.807) is 35.6 Å². The first-order chi connectivity index (χ1) is 11.9. The summed E-state index contributed by atoms with van der Waals surface area (Å²) < 4.78 is 33.1. The van der Waals surface area contributed by atoms with Gasteiger partial charge in [0.25, 0.3) is 10.0 Å². The second kappa shape index (κ2) is 7.03. The molecule has 5 nitrogen and oxygen atoms in total. The fraction of sp³-hybridized carbons (Fsp3) is 0.118. The van der Waals surface area contributed by atoms with Gasteiger partial charge in [0.2, 0.25) is 0 Å². The lowest BCUT2D eigenvalue weighted by Gasteiger charge is -2.12. The Balaban J connectivity index is 1.95. The maximum Gasteiger partial charge on any atom is 0.265 e. The first kappa shape index (κ1) is 17.7. The molecule has 3 rings (SSSR count). The van der Waals surface area contributed by atoms with E-state index in [9.17, 15) is 8.42 Å². The molecular weight excluding hydrogens is 380 g/mol. The third-order valence-electron chi connectivity index (χ3n) is 3.44. The van der Waals surface area contributed by atoms with E-state index in [2.05, 4.69) is 9.71 Å². The Hall–Kier alpha value is -2.09. The maximum atomic E-state index is 12.7. The molecule has 25 heavy (non-hydrogen) atoms. The number of sulfonamides is 1. The van der Waals surface area contributed by atoms with Crippen LogP contribution in [0.5, 0.6) is 5.75 Å². The number of halogens is 1. The summed E-state index contributed by atoms with van der Waals surface area (Å²) in [5.74, 6) is 0.225. The number of aromatic nitrogens is 1. The van der Waals surface area contributed by atoms with Crippen molar-refractivity contribution in [2.45, 2.75) is 11.8 Å². The summed E-state index contributed by atoms with van der Waals surface area (Å²) >= 11 is 7.48. The fourth-order valence-corrected chi connectivity index (χ4v) is 4.41. The molecule has 1 heterocycles. The Morgan fingerprint density at radius 1 is 1.20 bits per heavy atom. The van der Waals surface area contributed by atoms with Gasteiger partial charge in [0.05, 0.1) is 17.8 Å². The summed E-state index contributed by atoms with van der Waals surface area (Å²) in [6.45, 7) is 1.92. The number of hydrogen-bond acceptors (Lipinski definition) is 5. The first-order valence-electron chi connectivity index (χ1n) is 7.28. The molecule has 2 aromatic carbocycles. The van der Waals surface area contributed by atoms with Crippen molar-refractivity contribution in [1.82, 2.24) is 4.98 Å². The molecule has 130 valence electrons. The molecule has 0 saturated carbocycles. The number of nitrogens with zero attached hydrogens (tertiary/aromatic N) is 1. The van der Waals surface area contributed by atoms with Crippen molar-refractivity contribution < 1.29 is 13.2 Å². The van der Waals surface area contributed by atoms with Crippen LogP contribution in [0.3, 0.4) is 0 Å². The van der Waals surface area contributed by atoms with Crippen molar-refractivity contribution in [3.05, 3.63) is 57.9 Å². The van der Waals surface area contributed by atoms with Crippen LogP contribution in [-0.4, -0.2) is 20.5 Å². The van der Waals surface area contributed by atoms with Crippen molar-refractivity contribution in [2.75, 3.05) is 11.8 Å². The van der Waals surface area contributed by atoms with Crippen molar-refractivity contribution in [3.8, 4) is 17.0 Å². The van der Waals surface area contributed by atoms with Gasteiger partial charge in [0, 0.05) is 21.7 Å². The van der Waals surface area contributed by atoms with Gasteiger partial charge < -0.3 is 4.74 Å². The lowest BCUT2D eigenvalue weighted by Crippen LogP contribution is -2.14. The van der Waals surface area contributed by atoms with E-state index in [1.165, 1.54) is 19.2 Å². The van der Waals surface area contributed by atoms with Crippen molar-refractivity contribution in [1.29, 1.82) is 0 Å². The van der Waals surface area contributed by atoms with Gasteiger partial charge in [-0.05, 0) is 37.3 Å². The van der Waals surface area contributed by atoms with E-state index in [0.717, 1.165) is 16.3 Å². The standard InChI is InChI=1S/C17H15ClN2O3S2/c1-11-19-15(10-24-11)12-4-3-5-14(8-12)20-25(21,22)17-9-13(18)6-7-16(17)23-2/h3-10,20H,1-2H3. The van der Waals surface area contributed by atoms with Gasteiger partial charge in [-0.25, -0.2) is 13.4 Å². The highest BCUT2D eigenvalue weighted by Gasteiger charge is 2.20. The van der Waals surface area contributed by atoms with Crippen LogP contribution in [0.15, 0.2) is 52.7 Å². The summed E-state index contributed by atoms with van der Waals surface area (Å²) in [4.78, 5) is 4.40. The van der Waals surface area contributed by atoms with Crippen LogP contribution in [0.4, 0.5) is 5.69 Å². The first-order valence-corrected chi connectivity index (χ1v) is 10.0. The van der Waals surface area contributed by atoms with E-state index < -0.39 is 10.0 Å². The quantitative estimate of drug-likeness (QED) is 0.687. The summed E-state index contributed by atoms with van der Waals surface area (Å²) in [6, 6.07) is 11.5. The van der Waals surface area contributed by atoms with Crippen molar-refractivity contribution in [2.24, 2.45) is 0 Å². The summed E-state index contributed by atoms with van der Waals surface area (Å²) in [5.41, 5.74) is 2.08. The molecule has 0 aliphatic heterocycles. The van der Waals surface area contributed by atoms with E-state index in [1.807, 2.05) is 18.4 Å². The zero-order valence-corrected chi connectivity index (χ0v) is 15.9. The molecule has 3 aromatic rings. The highest BCUT2D eigenvalue weighted by molar-refractivity contribution is 7.92. The molecule has 8 heteroatoms. The van der Waals surface area contributed by atoms with Crippen LogP contribution in [0.1, 0.15) is 5.01 Å². The number of nitrogens with one attached hydrogen (secondary N) is 1. The molecule has 0 saturated heterocycles. The molecular formula is C17H15ClN2O3S2. The molecule has 0 spiro atoms. The van der Waals surface area contributed by atoms with Gasteiger partial charge in [-0.3, -0.25) is 4.72 Å². The maximum absolute atomic E-state index is 12.7. The Kier molecular flexibility index (Phi) is 4.99. The third-order valence-corrected chi connectivity index (χ3v) is 5.86. The molecule has 0 bridgehead atoms. The van der Waals surface area contributed by atoms with Gasteiger partial charge in [0.15, 0.2) is 0 Å². The van der Waals surface area contributed by atoms with E-state index in [-0.39, 0.29) is 10.6 Å². The smallest absolute Gasteiger partial charge is 0.265 e. The molecule has 0 aliphatic rings. The number of thiazole rings is 1. The molecule has 0 atom stereocenters. The molecule has 0 aliphatic carbocycles. The second-order valence-corrected chi connectivity index (χ2v) is 8.38. The fourth-order valence-electron chi connectivity index (χ4n) is 2.31. The van der Waals surface area contributed by atoms with Gasteiger partial charge in [-0.1, -0.05) is 23.7 Å². The minimum absolute atomic E-state index is 0.0163. The van der Waals surface area contributed by atoms with Crippen LogP contribution in [0.2, 0.25) is 5.02 Å². The Bertz CT molecular complexity index is 1020. The van der Waals surface area contributed by atoms with Gasteiger partial charge >= 0.3 is 0 Å². The van der Waals surface area contributed by atoms with Crippen LogP contribution < -0.4 is 9.46 Å². The largest absolute Gasteiger partial charge is 0.495 e. The zero-order chi connectivity index (χ0) is 18.0. The summed E-state index contributed by atoms with van der Waals surface area (Å²) in [6.07, 6.45) is 0. The van der Waals surface area contributed by atoms with E-state index in [4.69, 9.17) is 16.3 Å². The van der Waals surface area contributed by atoms with E-state index in [0.29, 0.717) is 10.7 Å². The third kappa shape index (κ3) is 3.95. The number of benzene rings is 2. The van der Waals surface area contributed by atoms with Crippen molar-refractivity contribution in [3.63, 3.8) is 0 Å². The average Bonchev–Trinajstić information content (AvgIpc) is 3.01. The number of hydrogen-bond donors (Lipinski definition) is 1. The van der Waals surface area contributed by atoms with Gasteiger partial charge in [-0.2, -0.15) is 0 Å². The topological polar surface area (TPSA) is 68.3 Å². The summed E-state index contributed by atoms with van der Waals surface area (Å²) in [5, 5.41) is 3.20. The average molecular weight is 395 g/mol. The second-order valence-electron chi connectivity index (χ2n) is 5.23. The summed E-state index contributed by atoms with van der Waals surface area (Å²) in [7, 11) is -2.44. The highest BCUT2D eigenvalue weighted by atomic mass is 35.5. The van der Waals surface area contributed by atoms with E-state index >= 15 is 0 Å². The zero-order valence-electron chi connectivity index (χ0n) is 13.5. The Labute approximate surface area is 155 Å². The lowest BCUT2D eigenvalue weighted by atomic mass is 10.1. The lowest BCUT2D eigenvalue weighted by molar-refractivity contribution is 0.403. The number of methoxy groups -OCH3 is 1. The Morgan fingerprint density at radius 2 is 2.00 bits per heavy atom. The van der Waals surface area contributed by atoms with Crippen LogP contribution in [-0.2, 0) is 10.0 Å². The Morgan fingerprint density at radius 3 is 2.68 bits per heavy atom. The predicted octanol–water partition coefficient (Wildman–Crippen LogP) is 4.58. The number of aryl methyl sites for hydroxylation is 1. The van der Waals surface area contributed by atoms with Crippen LogP contribution in [0, 0.1) is 6.92 Å². The van der Waals surface area contributed by atoms with Crippen LogP contribution >= 0.6 is 22.9 Å². The highest BCUT2D eigenvalue weighted by Crippen LogP contribution is 2.30. The van der Waals surface area contributed by atoms with Crippen molar-refractivity contribution >= 4 is 38.6 Å². The minimum atomic E-state index is -3.85. The number of ether oxygens (including phenoxy) is 1. The SMILES string of the molecule is COc1ccc(Cl)cc1S(=O)(=O)Nc1cccc(-c2csc(C)n2)c1.